The summed E-state index contributed by atoms with van der Waals surface area (Å²) in [5.41, 5.74) is 0. The van der Waals surface area contributed by atoms with Crippen LogP contribution in [0, 0.1) is 5.92 Å². The topological polar surface area (TPSA) is 41.0 Å². The van der Waals surface area contributed by atoms with Gasteiger partial charge in [0.15, 0.2) is 0 Å². The molecular formula is C12H19ClN4. The Morgan fingerprint density at radius 3 is 2.88 bits per heavy atom. The molecule has 1 N–H and O–H groups in total. The molecule has 1 fully saturated rings. The van der Waals surface area contributed by atoms with Crippen LogP contribution in [-0.4, -0.2) is 41.5 Å². The van der Waals surface area contributed by atoms with Crippen molar-refractivity contribution in [3.8, 4) is 0 Å². The average molecular weight is 255 g/mol. The minimum atomic E-state index is 0.488. The summed E-state index contributed by atoms with van der Waals surface area (Å²) in [6.45, 7) is 3.41. The molecule has 0 atom stereocenters. The first-order valence-electron chi connectivity index (χ1n) is 6.14. The number of anilines is 1. The van der Waals surface area contributed by atoms with E-state index in [4.69, 9.17) is 11.6 Å². The van der Waals surface area contributed by atoms with Gasteiger partial charge < -0.3 is 10.2 Å². The van der Waals surface area contributed by atoms with Crippen LogP contribution in [0.4, 0.5) is 5.82 Å². The Kier molecular flexibility index (Phi) is 4.57. The van der Waals surface area contributed by atoms with Crippen LogP contribution in [0.2, 0.25) is 5.15 Å². The third-order valence-corrected chi connectivity index (χ3v) is 3.54. The van der Waals surface area contributed by atoms with E-state index in [1.54, 1.807) is 6.07 Å². The van der Waals surface area contributed by atoms with E-state index >= 15 is 0 Å². The standard InChI is InChI=1S/C12H19ClN4/c1-17-6-3-10(4-7-17)2-5-14-12-8-11(13)15-9-16-12/h8-10H,2-7H2,1H3,(H,14,15,16). The zero-order chi connectivity index (χ0) is 12.1. The molecule has 0 unspecified atom stereocenters. The maximum absolute atomic E-state index is 5.79. The molecule has 1 saturated heterocycles. The number of aromatic nitrogens is 2. The van der Waals surface area contributed by atoms with Crippen LogP contribution in [0.15, 0.2) is 12.4 Å². The zero-order valence-corrected chi connectivity index (χ0v) is 11.0. The number of hydrogen-bond acceptors (Lipinski definition) is 4. The maximum atomic E-state index is 5.79. The monoisotopic (exact) mass is 254 g/mol. The molecule has 1 aliphatic heterocycles. The van der Waals surface area contributed by atoms with E-state index in [0.29, 0.717) is 5.15 Å². The van der Waals surface area contributed by atoms with Gasteiger partial charge in [-0.25, -0.2) is 9.97 Å². The van der Waals surface area contributed by atoms with Crippen molar-refractivity contribution in [2.24, 2.45) is 5.92 Å². The van der Waals surface area contributed by atoms with Crippen molar-refractivity contribution >= 4 is 17.4 Å². The largest absolute Gasteiger partial charge is 0.370 e. The molecule has 0 aromatic carbocycles. The summed E-state index contributed by atoms with van der Waals surface area (Å²) in [4.78, 5) is 10.4. The first-order chi connectivity index (χ1) is 8.24. The Balaban J connectivity index is 1.69. The minimum absolute atomic E-state index is 0.488. The molecule has 94 valence electrons. The highest BCUT2D eigenvalue weighted by Gasteiger charge is 2.15. The Morgan fingerprint density at radius 1 is 1.41 bits per heavy atom. The summed E-state index contributed by atoms with van der Waals surface area (Å²) in [5, 5.41) is 3.78. The second-order valence-electron chi connectivity index (χ2n) is 4.69. The second-order valence-corrected chi connectivity index (χ2v) is 5.08. The van der Waals surface area contributed by atoms with Gasteiger partial charge in [-0.1, -0.05) is 11.6 Å². The molecule has 2 rings (SSSR count). The molecule has 0 bridgehead atoms. The van der Waals surface area contributed by atoms with E-state index in [1.807, 2.05) is 0 Å². The summed E-state index contributed by atoms with van der Waals surface area (Å²) in [7, 11) is 2.19. The van der Waals surface area contributed by atoms with Gasteiger partial charge >= 0.3 is 0 Å². The number of nitrogens with zero attached hydrogens (tertiary/aromatic N) is 3. The van der Waals surface area contributed by atoms with Gasteiger partial charge in [-0.15, -0.1) is 0 Å². The van der Waals surface area contributed by atoms with Crippen LogP contribution in [0.3, 0.4) is 0 Å². The lowest BCUT2D eigenvalue weighted by Gasteiger charge is -2.28. The molecule has 1 aliphatic rings. The predicted molar refractivity (Wildman–Crippen MR) is 70.4 cm³/mol. The van der Waals surface area contributed by atoms with Gasteiger partial charge in [0.1, 0.15) is 17.3 Å². The van der Waals surface area contributed by atoms with Gasteiger partial charge in [0, 0.05) is 12.6 Å². The lowest BCUT2D eigenvalue weighted by molar-refractivity contribution is 0.215. The van der Waals surface area contributed by atoms with E-state index in [9.17, 15) is 0 Å². The molecule has 2 heterocycles. The van der Waals surface area contributed by atoms with E-state index < -0.39 is 0 Å². The SMILES string of the molecule is CN1CCC(CCNc2cc(Cl)ncn2)CC1. The molecule has 5 heteroatoms. The number of hydrogen-bond donors (Lipinski definition) is 1. The molecule has 0 amide bonds. The van der Waals surface area contributed by atoms with E-state index in [0.717, 1.165) is 18.3 Å². The van der Waals surface area contributed by atoms with Crippen LogP contribution >= 0.6 is 11.6 Å². The van der Waals surface area contributed by atoms with Gasteiger partial charge in [-0.3, -0.25) is 0 Å². The lowest BCUT2D eigenvalue weighted by atomic mass is 9.94. The highest BCUT2D eigenvalue weighted by atomic mass is 35.5. The van der Waals surface area contributed by atoms with Crippen molar-refractivity contribution < 1.29 is 0 Å². The van der Waals surface area contributed by atoms with Crippen molar-refractivity contribution in [2.45, 2.75) is 19.3 Å². The fraction of sp³-hybridized carbons (Fsp3) is 0.667. The number of rotatable bonds is 4. The van der Waals surface area contributed by atoms with Gasteiger partial charge in [0.2, 0.25) is 0 Å². The number of halogens is 1. The van der Waals surface area contributed by atoms with Crippen LogP contribution in [0.25, 0.3) is 0 Å². The van der Waals surface area contributed by atoms with Crippen LogP contribution in [0.5, 0.6) is 0 Å². The average Bonchev–Trinajstić information content (AvgIpc) is 2.32. The molecule has 0 aliphatic carbocycles. The summed E-state index contributed by atoms with van der Waals surface area (Å²) < 4.78 is 0. The molecular weight excluding hydrogens is 236 g/mol. The fourth-order valence-electron chi connectivity index (χ4n) is 2.19. The molecule has 17 heavy (non-hydrogen) atoms. The van der Waals surface area contributed by atoms with Crippen LogP contribution in [0.1, 0.15) is 19.3 Å². The van der Waals surface area contributed by atoms with Gasteiger partial charge in [-0.2, -0.15) is 0 Å². The van der Waals surface area contributed by atoms with E-state index in [2.05, 4.69) is 27.2 Å². The number of nitrogens with one attached hydrogen (secondary N) is 1. The van der Waals surface area contributed by atoms with Crippen molar-refractivity contribution in [1.82, 2.24) is 14.9 Å². The summed E-state index contributed by atoms with van der Waals surface area (Å²) in [6.07, 6.45) is 5.31. The summed E-state index contributed by atoms with van der Waals surface area (Å²) in [5.74, 6) is 1.66. The Labute approximate surface area is 107 Å². The maximum Gasteiger partial charge on any atom is 0.134 e. The minimum Gasteiger partial charge on any atom is -0.370 e. The van der Waals surface area contributed by atoms with Gasteiger partial charge in [-0.05, 0) is 45.3 Å². The number of likely N-dealkylation sites (tertiary alicyclic amines) is 1. The van der Waals surface area contributed by atoms with Crippen molar-refractivity contribution in [2.75, 3.05) is 32.0 Å². The smallest absolute Gasteiger partial charge is 0.134 e. The molecule has 1 aromatic rings. The van der Waals surface area contributed by atoms with Crippen molar-refractivity contribution in [1.29, 1.82) is 0 Å². The zero-order valence-electron chi connectivity index (χ0n) is 10.2. The van der Waals surface area contributed by atoms with E-state index in [1.165, 1.54) is 38.7 Å². The van der Waals surface area contributed by atoms with Crippen LogP contribution in [-0.2, 0) is 0 Å². The Hall–Kier alpha value is -0.870. The normalized spacial score (nSPS) is 18.2. The number of piperidine rings is 1. The highest BCUT2D eigenvalue weighted by Crippen LogP contribution is 2.19. The van der Waals surface area contributed by atoms with Crippen LogP contribution < -0.4 is 5.32 Å². The van der Waals surface area contributed by atoms with Gasteiger partial charge in [0.05, 0.1) is 0 Å². The fourth-order valence-corrected chi connectivity index (χ4v) is 2.33. The van der Waals surface area contributed by atoms with Crippen molar-refractivity contribution in [3.63, 3.8) is 0 Å². The highest BCUT2D eigenvalue weighted by molar-refractivity contribution is 6.29. The quantitative estimate of drug-likeness (QED) is 0.837. The molecule has 1 aromatic heterocycles. The van der Waals surface area contributed by atoms with Gasteiger partial charge in [0.25, 0.3) is 0 Å². The molecule has 0 saturated carbocycles. The lowest BCUT2D eigenvalue weighted by Crippen LogP contribution is -2.30. The molecule has 0 spiro atoms. The summed E-state index contributed by atoms with van der Waals surface area (Å²) >= 11 is 5.79. The third-order valence-electron chi connectivity index (χ3n) is 3.33. The molecule has 4 nitrogen and oxygen atoms in total. The molecule has 0 radical (unpaired) electrons. The van der Waals surface area contributed by atoms with E-state index in [-0.39, 0.29) is 0 Å². The Bertz CT molecular complexity index is 350. The summed E-state index contributed by atoms with van der Waals surface area (Å²) in [6, 6.07) is 1.76. The first kappa shape index (κ1) is 12.6. The van der Waals surface area contributed by atoms with Crippen molar-refractivity contribution in [3.05, 3.63) is 17.5 Å². The third kappa shape index (κ3) is 4.13. The Morgan fingerprint density at radius 2 is 2.18 bits per heavy atom. The predicted octanol–water partition coefficient (Wildman–Crippen LogP) is 2.27. The second kappa shape index (κ2) is 6.17. The first-order valence-corrected chi connectivity index (χ1v) is 6.52.